The lowest BCUT2D eigenvalue weighted by Crippen LogP contribution is -1.91. The molecule has 1 heterocycles. The summed E-state index contributed by atoms with van der Waals surface area (Å²) in [5.74, 6) is 0.113. The molecule has 3 nitrogen and oxygen atoms in total. The molecule has 0 fully saturated rings. The molecule has 0 bridgehead atoms. The van der Waals surface area contributed by atoms with E-state index in [0.29, 0.717) is 16.9 Å². The fraction of sp³-hybridized carbons (Fsp3) is 0.182. The minimum atomic E-state index is -0.277. The van der Waals surface area contributed by atoms with Crippen LogP contribution in [0.4, 0.5) is 10.2 Å². The number of aryl methyl sites for hydroxylation is 1. The Balaban J connectivity index is 2.56. The predicted octanol–water partition coefficient (Wildman–Crippen LogP) is 2.36. The first kappa shape index (κ1) is 9.71. The quantitative estimate of drug-likeness (QED) is 0.790. The van der Waals surface area contributed by atoms with Gasteiger partial charge in [-0.2, -0.15) is 5.10 Å². The molecular weight excluding hydrogens is 193 g/mol. The molecule has 0 spiro atoms. The Morgan fingerprint density at radius 1 is 1.40 bits per heavy atom. The Morgan fingerprint density at radius 3 is 2.80 bits per heavy atom. The summed E-state index contributed by atoms with van der Waals surface area (Å²) in [6.07, 6.45) is 2.40. The second-order valence-electron chi connectivity index (χ2n) is 3.37. The van der Waals surface area contributed by atoms with Crippen LogP contribution in [-0.2, 0) is 6.42 Å². The van der Waals surface area contributed by atoms with Crippen LogP contribution < -0.4 is 5.73 Å². The molecule has 2 rings (SSSR count). The van der Waals surface area contributed by atoms with Crippen molar-refractivity contribution < 1.29 is 4.39 Å². The second kappa shape index (κ2) is 3.73. The van der Waals surface area contributed by atoms with Gasteiger partial charge in [0, 0.05) is 11.1 Å². The fourth-order valence-corrected chi connectivity index (χ4v) is 1.51. The third kappa shape index (κ3) is 1.70. The zero-order valence-corrected chi connectivity index (χ0v) is 8.42. The minimum absolute atomic E-state index is 0.277. The van der Waals surface area contributed by atoms with E-state index in [9.17, 15) is 4.39 Å². The van der Waals surface area contributed by atoms with E-state index in [2.05, 4.69) is 10.2 Å². The van der Waals surface area contributed by atoms with E-state index >= 15 is 0 Å². The van der Waals surface area contributed by atoms with Crippen LogP contribution in [0.2, 0.25) is 0 Å². The van der Waals surface area contributed by atoms with Crippen molar-refractivity contribution in [1.29, 1.82) is 0 Å². The Bertz CT molecular complexity index is 476. The lowest BCUT2D eigenvalue weighted by atomic mass is 10.0. The maximum Gasteiger partial charge on any atom is 0.131 e. The number of benzene rings is 1. The first-order valence-corrected chi connectivity index (χ1v) is 4.80. The van der Waals surface area contributed by atoms with Crippen LogP contribution in [0.3, 0.4) is 0 Å². The monoisotopic (exact) mass is 205 g/mol. The van der Waals surface area contributed by atoms with Crippen LogP contribution in [0.15, 0.2) is 24.4 Å². The van der Waals surface area contributed by atoms with Crippen molar-refractivity contribution >= 4 is 5.82 Å². The second-order valence-corrected chi connectivity index (χ2v) is 3.37. The van der Waals surface area contributed by atoms with Gasteiger partial charge in [0.1, 0.15) is 11.6 Å². The number of nitrogens with one attached hydrogen (secondary N) is 1. The van der Waals surface area contributed by atoms with Crippen LogP contribution in [0.1, 0.15) is 12.5 Å². The lowest BCUT2D eigenvalue weighted by molar-refractivity contribution is 0.630. The van der Waals surface area contributed by atoms with Gasteiger partial charge in [-0.25, -0.2) is 4.39 Å². The number of nitrogens with zero attached hydrogens (tertiary/aromatic N) is 1. The largest absolute Gasteiger partial charge is 0.384 e. The number of anilines is 1. The summed E-state index contributed by atoms with van der Waals surface area (Å²) in [6, 6.07) is 5.03. The van der Waals surface area contributed by atoms with Gasteiger partial charge in [-0.15, -0.1) is 0 Å². The molecule has 0 saturated carbocycles. The van der Waals surface area contributed by atoms with Gasteiger partial charge in [-0.3, -0.25) is 5.10 Å². The van der Waals surface area contributed by atoms with Crippen LogP contribution in [0.25, 0.3) is 11.1 Å². The summed E-state index contributed by atoms with van der Waals surface area (Å²) >= 11 is 0. The first-order chi connectivity index (χ1) is 7.22. The van der Waals surface area contributed by atoms with Crippen molar-refractivity contribution in [3.63, 3.8) is 0 Å². The van der Waals surface area contributed by atoms with E-state index in [1.165, 1.54) is 12.3 Å². The smallest absolute Gasteiger partial charge is 0.131 e. The number of rotatable bonds is 2. The van der Waals surface area contributed by atoms with Gasteiger partial charge in [0.25, 0.3) is 0 Å². The molecule has 0 saturated heterocycles. The number of aromatic amines is 1. The van der Waals surface area contributed by atoms with Gasteiger partial charge >= 0.3 is 0 Å². The number of H-pyrrole nitrogens is 1. The highest BCUT2D eigenvalue weighted by Gasteiger charge is 2.10. The van der Waals surface area contributed by atoms with E-state index in [0.717, 1.165) is 12.0 Å². The molecule has 0 aliphatic heterocycles. The molecule has 2 aromatic rings. The first-order valence-electron chi connectivity index (χ1n) is 4.80. The third-order valence-electron chi connectivity index (χ3n) is 2.40. The summed E-state index contributed by atoms with van der Waals surface area (Å²) in [7, 11) is 0. The topological polar surface area (TPSA) is 54.7 Å². The SMILES string of the molecule is CCc1ccc(F)c(-c2cn[nH]c2N)c1. The maximum absolute atomic E-state index is 13.6. The highest BCUT2D eigenvalue weighted by atomic mass is 19.1. The Hall–Kier alpha value is -1.84. The van der Waals surface area contributed by atoms with Crippen LogP contribution >= 0.6 is 0 Å². The van der Waals surface area contributed by atoms with Gasteiger partial charge in [-0.05, 0) is 24.1 Å². The summed E-state index contributed by atoms with van der Waals surface area (Å²) in [5.41, 5.74) is 7.84. The van der Waals surface area contributed by atoms with Gasteiger partial charge < -0.3 is 5.73 Å². The third-order valence-corrected chi connectivity index (χ3v) is 2.40. The van der Waals surface area contributed by atoms with Crippen molar-refractivity contribution in [2.45, 2.75) is 13.3 Å². The van der Waals surface area contributed by atoms with Crippen molar-refractivity contribution in [2.24, 2.45) is 0 Å². The molecule has 15 heavy (non-hydrogen) atoms. The molecular formula is C11H12FN3. The zero-order valence-electron chi connectivity index (χ0n) is 8.42. The normalized spacial score (nSPS) is 10.5. The Morgan fingerprint density at radius 2 is 2.20 bits per heavy atom. The van der Waals surface area contributed by atoms with Crippen LogP contribution in [-0.4, -0.2) is 10.2 Å². The average Bonchev–Trinajstić information content (AvgIpc) is 2.65. The van der Waals surface area contributed by atoms with E-state index in [-0.39, 0.29) is 5.82 Å². The molecule has 0 amide bonds. The minimum Gasteiger partial charge on any atom is -0.384 e. The fourth-order valence-electron chi connectivity index (χ4n) is 1.51. The highest BCUT2D eigenvalue weighted by molar-refractivity contribution is 5.73. The van der Waals surface area contributed by atoms with E-state index < -0.39 is 0 Å². The highest BCUT2D eigenvalue weighted by Crippen LogP contribution is 2.27. The van der Waals surface area contributed by atoms with Gasteiger partial charge in [0.15, 0.2) is 0 Å². The molecule has 0 atom stereocenters. The maximum atomic E-state index is 13.6. The molecule has 0 radical (unpaired) electrons. The number of aromatic nitrogens is 2. The molecule has 4 heteroatoms. The Kier molecular flexibility index (Phi) is 2.41. The molecule has 0 aliphatic carbocycles. The molecule has 78 valence electrons. The van der Waals surface area contributed by atoms with Crippen LogP contribution in [0.5, 0.6) is 0 Å². The molecule has 0 unspecified atom stereocenters. The average molecular weight is 205 g/mol. The number of halogens is 1. The lowest BCUT2D eigenvalue weighted by Gasteiger charge is -2.04. The van der Waals surface area contributed by atoms with Crippen LogP contribution in [0, 0.1) is 5.82 Å². The zero-order chi connectivity index (χ0) is 10.8. The summed E-state index contributed by atoms with van der Waals surface area (Å²) in [4.78, 5) is 0. The Labute approximate surface area is 87.1 Å². The van der Waals surface area contributed by atoms with Gasteiger partial charge in [0.05, 0.1) is 6.20 Å². The number of nitrogens with two attached hydrogens (primary N) is 1. The van der Waals surface area contributed by atoms with Crippen molar-refractivity contribution in [2.75, 3.05) is 5.73 Å². The van der Waals surface area contributed by atoms with E-state index in [1.54, 1.807) is 12.1 Å². The van der Waals surface area contributed by atoms with Crippen molar-refractivity contribution in [3.05, 3.63) is 35.8 Å². The summed E-state index contributed by atoms with van der Waals surface area (Å²) < 4.78 is 13.6. The standard InChI is InChI=1S/C11H12FN3/c1-2-7-3-4-10(12)8(5-7)9-6-14-15-11(9)13/h3-6H,2H2,1H3,(H3,13,14,15). The van der Waals surface area contributed by atoms with E-state index in [4.69, 9.17) is 5.73 Å². The van der Waals surface area contributed by atoms with Gasteiger partial charge in [0.2, 0.25) is 0 Å². The summed E-state index contributed by atoms with van der Waals surface area (Å²) in [6.45, 7) is 2.02. The number of nitrogen functional groups attached to an aromatic ring is 1. The van der Waals surface area contributed by atoms with E-state index in [1.807, 2.05) is 6.92 Å². The number of hydrogen-bond acceptors (Lipinski definition) is 2. The molecule has 1 aromatic heterocycles. The van der Waals surface area contributed by atoms with Crippen molar-refractivity contribution in [1.82, 2.24) is 10.2 Å². The number of hydrogen-bond donors (Lipinski definition) is 2. The molecule has 0 aliphatic rings. The van der Waals surface area contributed by atoms with Gasteiger partial charge in [-0.1, -0.05) is 13.0 Å². The predicted molar refractivity (Wildman–Crippen MR) is 57.8 cm³/mol. The molecule has 3 N–H and O–H groups in total. The van der Waals surface area contributed by atoms with Crippen molar-refractivity contribution in [3.8, 4) is 11.1 Å². The summed E-state index contributed by atoms with van der Waals surface area (Å²) in [5, 5.41) is 6.37. The molecule has 1 aromatic carbocycles.